The molecule has 3 aromatic heterocycles. The topological polar surface area (TPSA) is 287 Å². The van der Waals surface area contributed by atoms with E-state index in [-0.39, 0.29) is 28.5 Å². The van der Waals surface area contributed by atoms with Crippen molar-refractivity contribution < 1.29 is 65.5 Å². The maximum Gasteiger partial charge on any atom is 0.481 e. The second kappa shape index (κ2) is 17.2. The number of phosphoric acid groups is 2. The Morgan fingerprint density at radius 1 is 0.931 bits per heavy atom. The number of nitrogen functional groups attached to an aromatic ring is 1. The lowest BCUT2D eigenvalue weighted by Crippen LogP contribution is -2.33. The minimum absolute atomic E-state index is 0.0134. The Morgan fingerprint density at radius 2 is 1.48 bits per heavy atom. The number of nitrogens with two attached hydrogens (primary N) is 2. The van der Waals surface area contributed by atoms with Crippen LogP contribution < -0.4 is 11.5 Å². The Labute approximate surface area is 338 Å². The molecule has 4 aliphatic rings. The van der Waals surface area contributed by atoms with Crippen LogP contribution in [0.2, 0.25) is 0 Å². The summed E-state index contributed by atoms with van der Waals surface area (Å²) in [6.45, 7) is 15.5. The van der Waals surface area contributed by atoms with Crippen LogP contribution in [-0.2, 0) is 50.9 Å². The Bertz CT molecular complexity index is 2100. The van der Waals surface area contributed by atoms with E-state index in [9.17, 15) is 23.7 Å². The summed E-state index contributed by atoms with van der Waals surface area (Å²) in [7, 11) is -10.6. The monoisotopic (exact) mass is 874 g/mol. The molecule has 7 heterocycles. The second-order valence-electron chi connectivity index (χ2n) is 14.4. The average Bonchev–Trinajstić information content (AvgIpc) is 3.98. The van der Waals surface area contributed by atoms with E-state index in [2.05, 4.69) is 55.8 Å². The lowest BCUT2D eigenvalue weighted by Gasteiger charge is -2.25. The number of aromatic nitrogens is 5. The number of amides is 1. The fourth-order valence-corrected chi connectivity index (χ4v) is 9.90. The summed E-state index contributed by atoms with van der Waals surface area (Å²) in [5.74, 6) is -0.507. The molecule has 22 nitrogen and oxygen atoms in total. The van der Waals surface area contributed by atoms with E-state index in [1.54, 1.807) is 27.7 Å². The molecule has 0 aromatic carbocycles. The van der Waals surface area contributed by atoms with Crippen LogP contribution in [0.25, 0.3) is 11.2 Å². The van der Waals surface area contributed by atoms with Gasteiger partial charge in [-0.15, -0.1) is 17.8 Å². The molecule has 0 aliphatic carbocycles. The molecule has 6 N–H and O–H groups in total. The van der Waals surface area contributed by atoms with Crippen molar-refractivity contribution >= 4 is 49.9 Å². The van der Waals surface area contributed by atoms with Crippen LogP contribution in [0, 0.1) is 12.3 Å². The van der Waals surface area contributed by atoms with Gasteiger partial charge in [-0.2, -0.15) is 4.31 Å². The molecular weight excluding hydrogens is 826 g/mol. The first-order valence-corrected chi connectivity index (χ1v) is 22.2. The third kappa shape index (κ3) is 9.78. The Morgan fingerprint density at radius 3 is 2.02 bits per heavy atom. The summed E-state index contributed by atoms with van der Waals surface area (Å²) < 4.78 is 78.2. The number of primary amides is 1. The van der Waals surface area contributed by atoms with Gasteiger partial charge in [-0.05, 0) is 53.2 Å². The SMILES string of the molecule is C#Cc1nc(N)c2ncn([C@@H]3O[C@H](COP(=O)(O)OP(=O)(O)OC[C@H]4O[C@@H](c5nc(C(N)=O)cs5)[C@@H]5OC(C)(C)O[C@@H]54)[C@H]4OC(C)(C)O[C@H]43)c2n1.CCN(CC)CC. The maximum atomic E-state index is 12.9. The van der Waals surface area contributed by atoms with Gasteiger partial charge in [-0.25, -0.2) is 29.1 Å². The quantitative estimate of drug-likeness (QED) is 0.134. The minimum Gasteiger partial charge on any atom is -0.382 e. The fraction of sp³-hybridized carbons (Fsp3) is 0.667. The minimum atomic E-state index is -5.28. The van der Waals surface area contributed by atoms with Gasteiger partial charge in [0.1, 0.15) is 58.9 Å². The van der Waals surface area contributed by atoms with Gasteiger partial charge in [0.2, 0.25) is 5.82 Å². The summed E-state index contributed by atoms with van der Waals surface area (Å²) in [5, 5.41) is 1.81. The molecule has 7 rings (SSSR count). The highest BCUT2D eigenvalue weighted by Gasteiger charge is 2.58. The number of carbonyl (C=O) groups is 1. The number of terminal acetylenes is 1. The molecule has 0 saturated carbocycles. The molecule has 25 heteroatoms. The van der Waals surface area contributed by atoms with Crippen LogP contribution in [0.5, 0.6) is 0 Å². The molecule has 4 saturated heterocycles. The van der Waals surface area contributed by atoms with Crippen molar-refractivity contribution in [2.75, 3.05) is 38.6 Å². The third-order valence-corrected chi connectivity index (χ3v) is 13.0. The normalized spacial score (nSPS) is 30.3. The number of carbonyl (C=O) groups excluding carboxylic acids is 1. The third-order valence-electron chi connectivity index (χ3n) is 9.50. The number of phosphoric ester groups is 2. The number of rotatable bonds is 14. The van der Waals surface area contributed by atoms with Crippen LogP contribution in [-0.4, -0.2) is 126 Å². The molecule has 10 atom stereocenters. The zero-order valence-electron chi connectivity index (χ0n) is 32.8. The molecule has 2 unspecified atom stereocenters. The number of imidazole rings is 1. The summed E-state index contributed by atoms with van der Waals surface area (Å²) in [5.41, 5.74) is 11.8. The van der Waals surface area contributed by atoms with Gasteiger partial charge in [0.15, 0.2) is 29.3 Å². The smallest absolute Gasteiger partial charge is 0.382 e. The number of hydrogen-bond donors (Lipinski definition) is 4. The molecule has 3 aromatic rings. The zero-order chi connectivity index (χ0) is 42.4. The molecule has 4 fully saturated rings. The predicted octanol–water partition coefficient (Wildman–Crippen LogP) is 2.62. The largest absolute Gasteiger partial charge is 0.481 e. The van der Waals surface area contributed by atoms with E-state index >= 15 is 0 Å². The molecule has 58 heavy (non-hydrogen) atoms. The van der Waals surface area contributed by atoms with Crippen molar-refractivity contribution in [1.29, 1.82) is 0 Å². The van der Waals surface area contributed by atoms with Crippen molar-refractivity contribution in [2.45, 2.75) is 109 Å². The second-order valence-corrected chi connectivity index (χ2v) is 18.3. The van der Waals surface area contributed by atoms with Crippen LogP contribution in [0.1, 0.15) is 82.1 Å². The van der Waals surface area contributed by atoms with E-state index in [1.165, 1.54) is 35.9 Å². The molecule has 0 radical (unpaired) electrons. The van der Waals surface area contributed by atoms with E-state index in [0.717, 1.165) is 11.3 Å². The van der Waals surface area contributed by atoms with Gasteiger partial charge in [0, 0.05) is 5.38 Å². The van der Waals surface area contributed by atoms with Crippen molar-refractivity contribution in [3.8, 4) is 12.3 Å². The number of ether oxygens (including phenoxy) is 6. The summed E-state index contributed by atoms with van der Waals surface area (Å²) in [4.78, 5) is 51.6. The van der Waals surface area contributed by atoms with Gasteiger partial charge in [0.25, 0.3) is 5.91 Å². The van der Waals surface area contributed by atoms with Gasteiger partial charge in [-0.3, -0.25) is 18.4 Å². The van der Waals surface area contributed by atoms with Crippen molar-refractivity contribution in [3.63, 3.8) is 0 Å². The highest BCUT2D eigenvalue weighted by molar-refractivity contribution is 7.61. The van der Waals surface area contributed by atoms with E-state index < -0.39 is 95.3 Å². The number of nitrogens with zero attached hydrogens (tertiary/aromatic N) is 6. The molecule has 0 spiro atoms. The van der Waals surface area contributed by atoms with Gasteiger partial charge >= 0.3 is 15.6 Å². The number of fused-ring (bicyclic) bond motifs is 3. The maximum absolute atomic E-state index is 12.9. The lowest BCUT2D eigenvalue weighted by atomic mass is 10.1. The average molecular weight is 875 g/mol. The summed E-state index contributed by atoms with van der Waals surface area (Å²) in [6.07, 6.45) is -0.180. The van der Waals surface area contributed by atoms with Crippen LogP contribution in [0.4, 0.5) is 5.82 Å². The summed E-state index contributed by atoms with van der Waals surface area (Å²) >= 11 is 1.10. The standard InChI is InChI=1S/C27H33N7O14P2S.C6H15N/c1-6-14-32-21(28)15-23(33-14)34(10-30-15)25-20-17(45-27(4,5)47-20)13(43-25)8-41-50(38,39)48-49(36,37)40-7-12-16-18(46-26(2,3)44-16)19(42-12)24-31-11(9-51-24)22(29)35;1-4-7(5-2)6-3/h1,9-10,12-13,16-20,25H,7-8H2,2-5H3,(H2,29,35)(H,36,37)(H,38,39)(H2,28,32,33);4-6H2,1-3H3/t12-,13-,16-,17-,18-,19-,20-,25-;/m1./s1. The predicted molar refractivity (Wildman–Crippen MR) is 204 cm³/mol. The fourth-order valence-electron chi connectivity index (χ4n) is 6.94. The van der Waals surface area contributed by atoms with E-state index in [4.69, 9.17) is 55.4 Å². The first-order valence-electron chi connectivity index (χ1n) is 18.3. The van der Waals surface area contributed by atoms with Gasteiger partial charge < -0.3 is 54.6 Å². The first-order chi connectivity index (χ1) is 27.2. The number of thiazole rings is 1. The highest BCUT2D eigenvalue weighted by Crippen LogP contribution is 2.61. The van der Waals surface area contributed by atoms with Crippen molar-refractivity contribution in [2.24, 2.45) is 5.73 Å². The number of anilines is 1. The zero-order valence-corrected chi connectivity index (χ0v) is 35.4. The van der Waals surface area contributed by atoms with Gasteiger partial charge in [-0.1, -0.05) is 20.8 Å². The van der Waals surface area contributed by atoms with Crippen LogP contribution >= 0.6 is 27.0 Å². The molecule has 4 aliphatic heterocycles. The molecular formula is C33H48N8O14P2S. The van der Waals surface area contributed by atoms with Crippen LogP contribution in [0.3, 0.4) is 0 Å². The number of hydrogen-bond acceptors (Lipinski definition) is 19. The van der Waals surface area contributed by atoms with Crippen molar-refractivity contribution in [1.82, 2.24) is 29.4 Å². The Balaban J connectivity index is 0.000000743. The molecule has 0 bridgehead atoms. The first kappa shape index (κ1) is 44.5. The van der Waals surface area contributed by atoms with Crippen molar-refractivity contribution in [3.05, 3.63) is 28.2 Å². The summed E-state index contributed by atoms with van der Waals surface area (Å²) in [6, 6.07) is 0. The van der Waals surface area contributed by atoms with Crippen LogP contribution in [0.15, 0.2) is 11.7 Å². The molecule has 320 valence electrons. The molecule has 1 amide bonds. The highest BCUT2D eigenvalue weighted by atomic mass is 32.1. The van der Waals surface area contributed by atoms with E-state index in [0.29, 0.717) is 5.01 Å². The van der Waals surface area contributed by atoms with E-state index in [1.807, 2.05) is 0 Å². The Hall–Kier alpha value is -3.01. The Kier molecular flexibility index (Phi) is 13.2. The van der Waals surface area contributed by atoms with Gasteiger partial charge in [0.05, 0.1) is 19.5 Å². The lowest BCUT2D eigenvalue weighted by molar-refractivity contribution is -0.199.